The molecule has 0 radical (unpaired) electrons. The van der Waals surface area contributed by atoms with Gasteiger partial charge in [-0.1, -0.05) is 0 Å². The van der Waals surface area contributed by atoms with Crippen LogP contribution in [0.4, 0.5) is 0 Å². The predicted octanol–water partition coefficient (Wildman–Crippen LogP) is 1.26. The summed E-state index contributed by atoms with van der Waals surface area (Å²) >= 11 is 0.667. The zero-order valence-electron chi connectivity index (χ0n) is 4.66. The molecule has 0 aliphatic heterocycles. The first-order valence-corrected chi connectivity index (χ1v) is 5.86. The third-order valence-corrected chi connectivity index (χ3v) is 0. The third kappa shape index (κ3) is 2490. The summed E-state index contributed by atoms with van der Waals surface area (Å²) in [6.07, 6.45) is 0. The Hall–Kier alpha value is 0.210. The Labute approximate surface area is 53.2 Å². The Morgan fingerprint density at radius 2 is 1.57 bits per heavy atom. The van der Waals surface area contributed by atoms with Crippen LogP contribution in [-0.4, -0.2) is 11.1 Å². The van der Waals surface area contributed by atoms with Crippen LogP contribution in [-0.2, 0) is 24.5 Å². The molecule has 0 bridgehead atoms. The fraction of sp³-hybridized carbons (Fsp3) is 0.750. The molecule has 0 fully saturated rings. The van der Waals surface area contributed by atoms with Crippen molar-refractivity contribution in [3.05, 3.63) is 0 Å². The van der Waals surface area contributed by atoms with Gasteiger partial charge in [-0.25, -0.2) is 0 Å². The summed E-state index contributed by atoms with van der Waals surface area (Å²) in [5.74, 6) is -0.833. The van der Waals surface area contributed by atoms with Gasteiger partial charge in [0.2, 0.25) is 0 Å². The second kappa shape index (κ2) is 9.51. The number of hydrogen-bond donors (Lipinski definition) is 1. The van der Waals surface area contributed by atoms with E-state index in [1.807, 2.05) is 0 Å². The molecular formula is C4H10AuO2. The van der Waals surface area contributed by atoms with Gasteiger partial charge in [0, 0.05) is 6.92 Å². The zero-order valence-corrected chi connectivity index (χ0v) is 6.82. The van der Waals surface area contributed by atoms with E-state index < -0.39 is 5.97 Å². The molecule has 2 nitrogen and oxygen atoms in total. The van der Waals surface area contributed by atoms with Gasteiger partial charge in [-0.05, 0) is 0 Å². The van der Waals surface area contributed by atoms with Gasteiger partial charge in [0.15, 0.2) is 0 Å². The second-order valence-corrected chi connectivity index (χ2v) is 2.99. The molecule has 1 N–H and O–H groups in total. The monoisotopic (exact) mass is 287 g/mol. The van der Waals surface area contributed by atoms with Crippen LogP contribution in [0.2, 0.25) is 10.3 Å². The standard InChI is InChI=1S/C2H4O2.2CH3.Au/c1-2(3)4;;;/h1H3,(H,3,4);2*1H3;. The average Bonchev–Trinajstić information content (AvgIpc) is 1.33. The minimum absolute atomic E-state index is 0.667. The van der Waals surface area contributed by atoms with E-state index in [1.54, 1.807) is 0 Å². The van der Waals surface area contributed by atoms with Crippen LogP contribution < -0.4 is 0 Å². The van der Waals surface area contributed by atoms with E-state index in [1.165, 1.54) is 0 Å². The minimum atomic E-state index is -0.833. The van der Waals surface area contributed by atoms with E-state index in [0.29, 0.717) is 19.8 Å². The molecule has 0 heterocycles. The summed E-state index contributed by atoms with van der Waals surface area (Å²) < 4.78 is 0. The van der Waals surface area contributed by atoms with Crippen LogP contribution in [0.3, 0.4) is 0 Å². The Morgan fingerprint density at radius 3 is 1.57 bits per heavy atom. The molecule has 0 rings (SSSR count). The van der Waals surface area contributed by atoms with Crippen molar-refractivity contribution in [2.24, 2.45) is 0 Å². The van der Waals surface area contributed by atoms with Gasteiger partial charge < -0.3 is 5.11 Å². The van der Waals surface area contributed by atoms with Gasteiger partial charge in [0.25, 0.3) is 5.97 Å². The van der Waals surface area contributed by atoms with Crippen molar-refractivity contribution in [3.63, 3.8) is 0 Å². The summed E-state index contributed by atoms with van der Waals surface area (Å²) in [6, 6.07) is 0. The molecule has 0 aliphatic rings. The fourth-order valence-electron chi connectivity index (χ4n) is 0. The molecule has 0 amide bonds. The van der Waals surface area contributed by atoms with Crippen LogP contribution >= 0.6 is 0 Å². The molecule has 0 spiro atoms. The Kier molecular flexibility index (Phi) is 13.9. The number of carboxylic acid groups (broad SMARTS) is 1. The van der Waals surface area contributed by atoms with Crippen LogP contribution in [0.1, 0.15) is 6.92 Å². The van der Waals surface area contributed by atoms with Crippen molar-refractivity contribution in [2.75, 3.05) is 0 Å². The number of aliphatic carboxylic acids is 1. The van der Waals surface area contributed by atoms with E-state index in [-0.39, 0.29) is 0 Å². The Morgan fingerprint density at radius 1 is 1.57 bits per heavy atom. The normalized spacial score (nSPS) is 6.71. The molecule has 0 aromatic rings. The number of hydrogen-bond acceptors (Lipinski definition) is 1. The first-order chi connectivity index (χ1) is 3.15. The molecule has 7 heavy (non-hydrogen) atoms. The van der Waals surface area contributed by atoms with E-state index in [2.05, 4.69) is 10.3 Å². The van der Waals surface area contributed by atoms with Crippen LogP contribution in [0.15, 0.2) is 0 Å². The van der Waals surface area contributed by atoms with E-state index >= 15 is 0 Å². The Bertz CT molecular complexity index is 41.0. The quantitative estimate of drug-likeness (QED) is 0.681. The number of rotatable bonds is 0. The first kappa shape index (κ1) is 10.2. The van der Waals surface area contributed by atoms with Crippen molar-refractivity contribution in [1.29, 1.82) is 0 Å². The molecule has 0 aromatic carbocycles. The summed E-state index contributed by atoms with van der Waals surface area (Å²) in [5, 5.41) is 11.9. The molecule has 0 saturated heterocycles. The molecule has 3 heteroatoms. The molecular weight excluding hydrogens is 277 g/mol. The molecule has 0 aliphatic carbocycles. The van der Waals surface area contributed by atoms with E-state index in [4.69, 9.17) is 9.90 Å². The summed E-state index contributed by atoms with van der Waals surface area (Å²) in [6.45, 7) is 1.08. The molecule has 0 unspecified atom stereocenters. The summed E-state index contributed by atoms with van der Waals surface area (Å²) in [4.78, 5) is 9.00. The third-order valence-electron chi connectivity index (χ3n) is 0. The number of carboxylic acids is 1. The first-order valence-electron chi connectivity index (χ1n) is 1.53. The molecule has 49 valence electrons. The van der Waals surface area contributed by atoms with Gasteiger partial charge >= 0.3 is 30.0 Å². The van der Waals surface area contributed by atoms with Gasteiger partial charge in [0.1, 0.15) is 0 Å². The van der Waals surface area contributed by atoms with Gasteiger partial charge in [-0.3, -0.25) is 4.79 Å². The van der Waals surface area contributed by atoms with E-state index in [0.717, 1.165) is 6.92 Å². The predicted molar refractivity (Wildman–Crippen MR) is 25.0 cm³/mol. The summed E-state index contributed by atoms with van der Waals surface area (Å²) in [5.41, 5.74) is 0. The average molecular weight is 287 g/mol. The zero-order chi connectivity index (χ0) is 6.28. The molecule has 0 atom stereocenters. The van der Waals surface area contributed by atoms with Crippen molar-refractivity contribution >= 4 is 5.97 Å². The molecule has 0 aromatic heterocycles. The van der Waals surface area contributed by atoms with Crippen LogP contribution in [0.25, 0.3) is 0 Å². The SMILES string of the molecule is CC(=O)O.[CH3][Au][CH3]. The van der Waals surface area contributed by atoms with Gasteiger partial charge in [-0.15, -0.1) is 0 Å². The van der Waals surface area contributed by atoms with Crippen molar-refractivity contribution in [2.45, 2.75) is 17.2 Å². The van der Waals surface area contributed by atoms with Crippen molar-refractivity contribution < 1.29 is 29.7 Å². The van der Waals surface area contributed by atoms with Crippen molar-refractivity contribution in [1.82, 2.24) is 0 Å². The topological polar surface area (TPSA) is 37.3 Å². The van der Waals surface area contributed by atoms with Gasteiger partial charge in [-0.2, -0.15) is 0 Å². The van der Waals surface area contributed by atoms with Crippen LogP contribution in [0, 0.1) is 0 Å². The van der Waals surface area contributed by atoms with Crippen LogP contribution in [0.5, 0.6) is 0 Å². The molecule has 0 saturated carbocycles. The van der Waals surface area contributed by atoms with Gasteiger partial charge in [0.05, 0.1) is 0 Å². The maximum atomic E-state index is 9.00. The van der Waals surface area contributed by atoms with Crippen molar-refractivity contribution in [3.8, 4) is 0 Å². The second-order valence-electron chi connectivity index (χ2n) is 0.821. The maximum absolute atomic E-state index is 9.00. The Balaban J connectivity index is 0. The van der Waals surface area contributed by atoms with E-state index in [9.17, 15) is 0 Å². The number of carbonyl (C=O) groups is 1. The fourth-order valence-corrected chi connectivity index (χ4v) is 0. The summed E-state index contributed by atoms with van der Waals surface area (Å²) in [7, 11) is 0.